The summed E-state index contributed by atoms with van der Waals surface area (Å²) in [5.74, 6) is 1.98. The lowest BCUT2D eigenvalue weighted by molar-refractivity contribution is 0.203. The van der Waals surface area contributed by atoms with Crippen LogP contribution in [0.5, 0.6) is 0 Å². The van der Waals surface area contributed by atoms with E-state index in [0.29, 0.717) is 30.8 Å². The predicted octanol–water partition coefficient (Wildman–Crippen LogP) is 1.59. The van der Waals surface area contributed by atoms with Crippen molar-refractivity contribution in [2.24, 2.45) is 11.8 Å². The molecule has 0 bridgehead atoms. The lowest BCUT2D eigenvalue weighted by Gasteiger charge is -2.36. The fraction of sp³-hybridized carbons (Fsp3) is 0.867. The third-order valence-corrected chi connectivity index (χ3v) is 5.51. The zero-order valence-electron chi connectivity index (χ0n) is 14.6. The minimum atomic E-state index is -3.11. The Balaban J connectivity index is 1.93. The average Bonchev–Trinajstić information content (AvgIpc) is 2.87. The molecule has 0 radical (unpaired) electrons. The smallest absolute Gasteiger partial charge is 0.233 e. The summed E-state index contributed by atoms with van der Waals surface area (Å²) in [6, 6.07) is 0.198. The van der Waals surface area contributed by atoms with Crippen LogP contribution in [0.3, 0.4) is 0 Å². The zero-order valence-corrected chi connectivity index (χ0v) is 15.4. The van der Waals surface area contributed by atoms with E-state index in [4.69, 9.17) is 4.42 Å². The van der Waals surface area contributed by atoms with E-state index in [0.717, 1.165) is 12.8 Å². The molecule has 1 aliphatic heterocycles. The van der Waals surface area contributed by atoms with E-state index in [1.807, 2.05) is 6.92 Å². The highest BCUT2D eigenvalue weighted by Crippen LogP contribution is 2.22. The number of sulfonamides is 1. The standard InChI is InChI=1S/C15H28N4O3S/c1-10(2)8-14-17-18-15(22-14)12(4)16-13-6-7-19(9-11(13)3)23(5,20)21/h10-13,16H,6-9H2,1-5H3/t11-,12+,13-/m1/s1. The van der Waals surface area contributed by atoms with Crippen molar-refractivity contribution in [3.05, 3.63) is 11.8 Å². The molecule has 132 valence electrons. The van der Waals surface area contributed by atoms with Crippen LogP contribution in [0.4, 0.5) is 0 Å². The summed E-state index contributed by atoms with van der Waals surface area (Å²) >= 11 is 0. The van der Waals surface area contributed by atoms with Gasteiger partial charge >= 0.3 is 0 Å². The molecule has 1 N–H and O–H groups in total. The molecule has 0 unspecified atom stereocenters. The van der Waals surface area contributed by atoms with Crippen molar-refractivity contribution >= 4 is 10.0 Å². The van der Waals surface area contributed by atoms with Crippen molar-refractivity contribution in [1.82, 2.24) is 19.8 Å². The highest BCUT2D eigenvalue weighted by atomic mass is 32.2. The molecule has 7 nitrogen and oxygen atoms in total. The van der Waals surface area contributed by atoms with Crippen LogP contribution in [0.25, 0.3) is 0 Å². The number of aromatic nitrogens is 2. The summed E-state index contributed by atoms with van der Waals surface area (Å²) in [6.45, 7) is 9.40. The number of nitrogens with zero attached hydrogens (tertiary/aromatic N) is 3. The molecular weight excluding hydrogens is 316 g/mol. The van der Waals surface area contributed by atoms with E-state index >= 15 is 0 Å². The van der Waals surface area contributed by atoms with Crippen molar-refractivity contribution in [3.8, 4) is 0 Å². The fourth-order valence-corrected chi connectivity index (χ4v) is 3.86. The van der Waals surface area contributed by atoms with Crippen molar-refractivity contribution in [2.75, 3.05) is 19.3 Å². The lowest BCUT2D eigenvalue weighted by atomic mass is 9.94. The molecule has 3 atom stereocenters. The van der Waals surface area contributed by atoms with Gasteiger partial charge in [0.2, 0.25) is 21.8 Å². The van der Waals surface area contributed by atoms with Crippen molar-refractivity contribution in [3.63, 3.8) is 0 Å². The quantitative estimate of drug-likeness (QED) is 0.843. The minimum Gasteiger partial charge on any atom is -0.424 e. The Morgan fingerprint density at radius 3 is 2.61 bits per heavy atom. The van der Waals surface area contributed by atoms with E-state index in [1.165, 1.54) is 6.26 Å². The number of hydrogen-bond acceptors (Lipinski definition) is 6. The Morgan fingerprint density at radius 2 is 2.04 bits per heavy atom. The first-order chi connectivity index (χ1) is 10.7. The second kappa shape index (κ2) is 7.27. The first-order valence-corrected chi connectivity index (χ1v) is 10.0. The van der Waals surface area contributed by atoms with Gasteiger partial charge in [-0.05, 0) is 25.2 Å². The zero-order chi connectivity index (χ0) is 17.2. The molecule has 1 aromatic rings. The van der Waals surface area contributed by atoms with Gasteiger partial charge in [0.1, 0.15) is 0 Å². The van der Waals surface area contributed by atoms with E-state index in [2.05, 4.69) is 36.3 Å². The summed E-state index contributed by atoms with van der Waals surface area (Å²) < 4.78 is 30.6. The van der Waals surface area contributed by atoms with Gasteiger partial charge in [-0.2, -0.15) is 0 Å². The maximum atomic E-state index is 11.6. The molecule has 2 rings (SSSR count). The Hall–Kier alpha value is -0.990. The second-order valence-corrected chi connectivity index (χ2v) is 9.00. The maximum Gasteiger partial charge on any atom is 0.233 e. The van der Waals surface area contributed by atoms with Crippen LogP contribution in [0, 0.1) is 11.8 Å². The monoisotopic (exact) mass is 344 g/mol. The van der Waals surface area contributed by atoms with Crippen LogP contribution in [0.15, 0.2) is 4.42 Å². The highest BCUT2D eigenvalue weighted by molar-refractivity contribution is 7.88. The third kappa shape index (κ3) is 4.99. The predicted molar refractivity (Wildman–Crippen MR) is 88.4 cm³/mol. The maximum absolute atomic E-state index is 11.6. The Labute approximate surface area is 138 Å². The molecule has 0 saturated carbocycles. The topological polar surface area (TPSA) is 88.3 Å². The largest absolute Gasteiger partial charge is 0.424 e. The molecule has 1 fully saturated rings. The summed E-state index contributed by atoms with van der Waals surface area (Å²) in [5, 5.41) is 11.7. The van der Waals surface area contributed by atoms with Gasteiger partial charge in [0, 0.05) is 25.6 Å². The first-order valence-electron chi connectivity index (χ1n) is 8.20. The third-order valence-electron chi connectivity index (χ3n) is 4.24. The van der Waals surface area contributed by atoms with Crippen LogP contribution in [-0.4, -0.2) is 48.3 Å². The minimum absolute atomic E-state index is 0.0411. The molecule has 2 heterocycles. The molecule has 0 aromatic carbocycles. The van der Waals surface area contributed by atoms with Gasteiger partial charge in [-0.25, -0.2) is 12.7 Å². The summed E-state index contributed by atoms with van der Waals surface area (Å²) in [7, 11) is -3.11. The average molecular weight is 344 g/mol. The number of piperidine rings is 1. The summed E-state index contributed by atoms with van der Waals surface area (Å²) in [6.07, 6.45) is 2.83. The number of nitrogens with one attached hydrogen (secondary N) is 1. The van der Waals surface area contributed by atoms with E-state index in [1.54, 1.807) is 4.31 Å². The van der Waals surface area contributed by atoms with E-state index < -0.39 is 10.0 Å². The Morgan fingerprint density at radius 1 is 1.35 bits per heavy atom. The van der Waals surface area contributed by atoms with Gasteiger partial charge in [0.25, 0.3) is 0 Å². The van der Waals surface area contributed by atoms with Crippen molar-refractivity contribution < 1.29 is 12.8 Å². The van der Waals surface area contributed by atoms with Gasteiger partial charge < -0.3 is 9.73 Å². The Kier molecular flexibility index (Phi) is 5.80. The second-order valence-electron chi connectivity index (χ2n) is 7.01. The van der Waals surface area contributed by atoms with Crippen molar-refractivity contribution in [1.29, 1.82) is 0 Å². The van der Waals surface area contributed by atoms with E-state index in [-0.39, 0.29) is 18.0 Å². The molecule has 1 aromatic heterocycles. The SMILES string of the molecule is CC(C)Cc1nnc([C@H](C)N[C@@H]2CCN(S(C)(=O)=O)C[C@H]2C)o1. The van der Waals surface area contributed by atoms with Crippen molar-refractivity contribution in [2.45, 2.75) is 52.6 Å². The van der Waals surface area contributed by atoms with Crippen LogP contribution in [0.2, 0.25) is 0 Å². The van der Waals surface area contributed by atoms with Crippen LogP contribution < -0.4 is 5.32 Å². The van der Waals surface area contributed by atoms with Gasteiger partial charge in [-0.1, -0.05) is 20.8 Å². The molecule has 1 aliphatic rings. The normalized spacial score (nSPS) is 25.0. The number of rotatable bonds is 6. The van der Waals surface area contributed by atoms with Gasteiger partial charge in [-0.15, -0.1) is 10.2 Å². The molecule has 23 heavy (non-hydrogen) atoms. The molecular formula is C15H28N4O3S. The lowest BCUT2D eigenvalue weighted by Crippen LogP contribution is -2.50. The van der Waals surface area contributed by atoms with Gasteiger partial charge in [0.05, 0.1) is 12.3 Å². The van der Waals surface area contributed by atoms with Crippen LogP contribution in [0.1, 0.15) is 51.9 Å². The molecule has 8 heteroatoms. The van der Waals surface area contributed by atoms with E-state index in [9.17, 15) is 8.42 Å². The van der Waals surface area contributed by atoms with Crippen LogP contribution >= 0.6 is 0 Å². The molecule has 0 spiro atoms. The van der Waals surface area contributed by atoms with Gasteiger partial charge in [-0.3, -0.25) is 0 Å². The fourth-order valence-electron chi connectivity index (χ4n) is 2.92. The summed E-state index contributed by atoms with van der Waals surface area (Å²) in [5.41, 5.74) is 0. The molecule has 0 aliphatic carbocycles. The highest BCUT2D eigenvalue weighted by Gasteiger charge is 2.31. The Bertz CT molecular complexity index is 614. The first kappa shape index (κ1) is 18.4. The molecule has 1 saturated heterocycles. The summed E-state index contributed by atoms with van der Waals surface area (Å²) in [4.78, 5) is 0. The van der Waals surface area contributed by atoms with Crippen LogP contribution in [-0.2, 0) is 16.4 Å². The van der Waals surface area contributed by atoms with Gasteiger partial charge in [0.15, 0.2) is 0 Å². The number of hydrogen-bond donors (Lipinski definition) is 1. The molecule has 0 amide bonds.